The van der Waals surface area contributed by atoms with Crippen LogP contribution in [0.4, 0.5) is 5.69 Å². The Balaban J connectivity index is 2.40. The average molecular weight is 241 g/mol. The van der Waals surface area contributed by atoms with Crippen molar-refractivity contribution >= 4 is 23.2 Å². The lowest BCUT2D eigenvalue weighted by Gasteiger charge is -2.13. The van der Waals surface area contributed by atoms with Crippen LogP contribution in [0.5, 0.6) is 0 Å². The van der Waals surface area contributed by atoms with E-state index in [1.54, 1.807) is 0 Å². The lowest BCUT2D eigenvalue weighted by atomic mass is 10.0. The van der Waals surface area contributed by atoms with Gasteiger partial charge in [0.1, 0.15) is 5.88 Å². The smallest absolute Gasteiger partial charge is 0.235 e. The third kappa shape index (κ3) is 4.11. The molecule has 0 radical (unpaired) electrons. The zero-order valence-electron chi connectivity index (χ0n) is 9.37. The first kappa shape index (κ1) is 12.8. The average Bonchev–Trinajstić information content (AvgIpc) is 2.28. The lowest BCUT2D eigenvalue weighted by molar-refractivity contribution is -0.119. The standard InChI is InChI=1S/C12H17ClN2O/c1-9(15-12(16)8-13)6-7-10-4-2-3-5-11(10)14/h2-5,9H,6-8,14H2,1H3,(H,15,16)/t9-/m0/s1. The molecule has 3 nitrogen and oxygen atoms in total. The third-order valence-electron chi connectivity index (χ3n) is 2.43. The minimum absolute atomic E-state index is 0.0117. The molecule has 1 rings (SSSR count). The molecule has 1 aromatic rings. The number of para-hydroxylation sites is 1. The van der Waals surface area contributed by atoms with E-state index >= 15 is 0 Å². The first-order valence-corrected chi connectivity index (χ1v) is 5.85. The molecule has 0 bridgehead atoms. The molecule has 4 heteroatoms. The maximum atomic E-state index is 11.0. The number of halogens is 1. The van der Waals surface area contributed by atoms with Crippen LogP contribution in [0.3, 0.4) is 0 Å². The van der Waals surface area contributed by atoms with Crippen molar-refractivity contribution in [3.8, 4) is 0 Å². The number of alkyl halides is 1. The molecule has 3 N–H and O–H groups in total. The Morgan fingerprint density at radius 2 is 2.19 bits per heavy atom. The van der Waals surface area contributed by atoms with Crippen LogP contribution in [0.1, 0.15) is 18.9 Å². The summed E-state index contributed by atoms with van der Waals surface area (Å²) in [6, 6.07) is 7.89. The van der Waals surface area contributed by atoms with E-state index in [0.717, 1.165) is 24.1 Å². The summed E-state index contributed by atoms with van der Waals surface area (Å²) in [6.07, 6.45) is 1.72. The van der Waals surface area contributed by atoms with E-state index in [4.69, 9.17) is 17.3 Å². The van der Waals surface area contributed by atoms with Crippen molar-refractivity contribution in [3.05, 3.63) is 29.8 Å². The maximum absolute atomic E-state index is 11.0. The van der Waals surface area contributed by atoms with E-state index in [1.807, 2.05) is 31.2 Å². The normalized spacial score (nSPS) is 12.1. The van der Waals surface area contributed by atoms with Gasteiger partial charge in [-0.3, -0.25) is 4.79 Å². The molecule has 88 valence electrons. The Bertz CT molecular complexity index is 355. The summed E-state index contributed by atoms with van der Waals surface area (Å²) in [6.45, 7) is 1.96. The van der Waals surface area contributed by atoms with Crippen LogP contribution in [0.15, 0.2) is 24.3 Å². The molecule has 16 heavy (non-hydrogen) atoms. The quantitative estimate of drug-likeness (QED) is 0.611. The first-order chi connectivity index (χ1) is 7.63. The van der Waals surface area contributed by atoms with Gasteiger partial charge in [0.15, 0.2) is 0 Å². The van der Waals surface area contributed by atoms with E-state index in [0.29, 0.717) is 0 Å². The van der Waals surface area contributed by atoms with Gasteiger partial charge in [-0.2, -0.15) is 0 Å². The van der Waals surface area contributed by atoms with Gasteiger partial charge in [-0.15, -0.1) is 11.6 Å². The zero-order chi connectivity index (χ0) is 12.0. The Labute approximate surface area is 101 Å². The van der Waals surface area contributed by atoms with Crippen molar-refractivity contribution in [2.45, 2.75) is 25.8 Å². The second-order valence-electron chi connectivity index (χ2n) is 3.84. The fourth-order valence-corrected chi connectivity index (χ4v) is 1.60. The number of amides is 1. The second-order valence-corrected chi connectivity index (χ2v) is 4.11. The Hall–Kier alpha value is -1.22. The van der Waals surface area contributed by atoms with Crippen molar-refractivity contribution < 1.29 is 4.79 Å². The van der Waals surface area contributed by atoms with Crippen LogP contribution in [0.25, 0.3) is 0 Å². The van der Waals surface area contributed by atoms with E-state index < -0.39 is 0 Å². The molecular formula is C12H17ClN2O. The molecule has 0 saturated heterocycles. The number of nitrogen functional groups attached to an aromatic ring is 1. The van der Waals surface area contributed by atoms with Crippen LogP contribution in [0, 0.1) is 0 Å². The predicted octanol–water partition coefficient (Wildman–Crippen LogP) is 1.94. The third-order valence-corrected chi connectivity index (χ3v) is 2.67. The second kappa shape index (κ2) is 6.38. The Kier molecular flexibility index (Phi) is 5.12. The number of hydrogen-bond acceptors (Lipinski definition) is 2. The molecule has 0 saturated carbocycles. The molecule has 1 amide bonds. The van der Waals surface area contributed by atoms with Gasteiger partial charge in [-0.05, 0) is 31.4 Å². The van der Waals surface area contributed by atoms with Crippen LogP contribution >= 0.6 is 11.6 Å². The number of nitrogens with one attached hydrogen (secondary N) is 1. The number of aryl methyl sites for hydroxylation is 1. The molecule has 0 fully saturated rings. The summed E-state index contributed by atoms with van der Waals surface area (Å²) < 4.78 is 0. The van der Waals surface area contributed by atoms with Crippen molar-refractivity contribution in [1.82, 2.24) is 5.32 Å². The molecule has 1 aromatic carbocycles. The van der Waals surface area contributed by atoms with E-state index in [-0.39, 0.29) is 17.8 Å². The van der Waals surface area contributed by atoms with Gasteiger partial charge in [0.25, 0.3) is 0 Å². The number of carbonyl (C=O) groups is 1. The van der Waals surface area contributed by atoms with Crippen molar-refractivity contribution in [1.29, 1.82) is 0 Å². The van der Waals surface area contributed by atoms with Gasteiger partial charge in [0, 0.05) is 11.7 Å². The number of hydrogen-bond donors (Lipinski definition) is 2. The first-order valence-electron chi connectivity index (χ1n) is 5.32. The zero-order valence-corrected chi connectivity index (χ0v) is 10.1. The number of anilines is 1. The fraction of sp³-hybridized carbons (Fsp3) is 0.417. The summed E-state index contributed by atoms with van der Waals surface area (Å²) >= 11 is 5.41. The Morgan fingerprint density at radius 3 is 2.81 bits per heavy atom. The summed E-state index contributed by atoms with van der Waals surface area (Å²) in [5, 5.41) is 2.81. The highest BCUT2D eigenvalue weighted by Crippen LogP contribution is 2.13. The highest BCUT2D eigenvalue weighted by atomic mass is 35.5. The van der Waals surface area contributed by atoms with Gasteiger partial charge in [0.05, 0.1) is 0 Å². The minimum Gasteiger partial charge on any atom is -0.399 e. The topological polar surface area (TPSA) is 55.1 Å². The summed E-state index contributed by atoms with van der Waals surface area (Å²) in [4.78, 5) is 11.0. The lowest BCUT2D eigenvalue weighted by Crippen LogP contribution is -2.33. The molecule has 0 spiro atoms. The highest BCUT2D eigenvalue weighted by molar-refractivity contribution is 6.27. The van der Waals surface area contributed by atoms with E-state index in [2.05, 4.69) is 5.32 Å². The SMILES string of the molecule is C[C@@H](CCc1ccccc1N)NC(=O)CCl. The van der Waals surface area contributed by atoms with Crippen molar-refractivity contribution in [2.75, 3.05) is 11.6 Å². The molecule has 0 aliphatic rings. The monoisotopic (exact) mass is 240 g/mol. The predicted molar refractivity (Wildman–Crippen MR) is 67.5 cm³/mol. The van der Waals surface area contributed by atoms with E-state index in [9.17, 15) is 4.79 Å². The van der Waals surface area contributed by atoms with Crippen LogP contribution < -0.4 is 11.1 Å². The van der Waals surface area contributed by atoms with Crippen molar-refractivity contribution in [2.24, 2.45) is 0 Å². The molecule has 0 aliphatic heterocycles. The van der Waals surface area contributed by atoms with Gasteiger partial charge in [-0.25, -0.2) is 0 Å². The molecular weight excluding hydrogens is 224 g/mol. The van der Waals surface area contributed by atoms with Crippen LogP contribution in [0.2, 0.25) is 0 Å². The number of benzene rings is 1. The molecule has 1 atom stereocenters. The summed E-state index contributed by atoms with van der Waals surface area (Å²) in [7, 11) is 0. The molecule has 0 heterocycles. The maximum Gasteiger partial charge on any atom is 0.235 e. The number of carbonyl (C=O) groups excluding carboxylic acids is 1. The number of rotatable bonds is 5. The summed E-state index contributed by atoms with van der Waals surface area (Å²) in [5.74, 6) is -0.118. The summed E-state index contributed by atoms with van der Waals surface area (Å²) in [5.41, 5.74) is 7.75. The van der Waals surface area contributed by atoms with Gasteiger partial charge < -0.3 is 11.1 Å². The number of nitrogens with two attached hydrogens (primary N) is 1. The van der Waals surface area contributed by atoms with Gasteiger partial charge in [0.2, 0.25) is 5.91 Å². The minimum atomic E-state index is -0.129. The molecule has 0 aliphatic carbocycles. The fourth-order valence-electron chi connectivity index (χ4n) is 1.52. The van der Waals surface area contributed by atoms with Gasteiger partial charge in [-0.1, -0.05) is 18.2 Å². The van der Waals surface area contributed by atoms with Crippen LogP contribution in [-0.2, 0) is 11.2 Å². The largest absolute Gasteiger partial charge is 0.399 e. The van der Waals surface area contributed by atoms with Crippen LogP contribution in [-0.4, -0.2) is 17.8 Å². The van der Waals surface area contributed by atoms with E-state index in [1.165, 1.54) is 0 Å². The molecule has 0 unspecified atom stereocenters. The van der Waals surface area contributed by atoms with Crippen molar-refractivity contribution in [3.63, 3.8) is 0 Å². The molecule has 0 aromatic heterocycles. The Morgan fingerprint density at radius 1 is 1.50 bits per heavy atom. The highest BCUT2D eigenvalue weighted by Gasteiger charge is 2.07. The van der Waals surface area contributed by atoms with Gasteiger partial charge >= 0.3 is 0 Å².